The number of nitrogens with two attached hydrogens (primary N) is 1. The van der Waals surface area contributed by atoms with Crippen LogP contribution in [0.5, 0.6) is 11.5 Å². The number of hydrogen-bond acceptors (Lipinski definition) is 3. The predicted octanol–water partition coefficient (Wildman–Crippen LogP) is 1.16. The smallest absolute Gasteiger partial charge is 0.162 e. The van der Waals surface area contributed by atoms with E-state index in [9.17, 15) is 0 Å². The summed E-state index contributed by atoms with van der Waals surface area (Å²) < 4.78 is 11.1. The molecule has 0 aliphatic carbocycles. The van der Waals surface area contributed by atoms with Gasteiger partial charge < -0.3 is 15.2 Å². The fourth-order valence-electron chi connectivity index (χ4n) is 1.39. The summed E-state index contributed by atoms with van der Waals surface area (Å²) in [4.78, 5) is 0. The number of hydrogen-bond donors (Lipinski definition) is 1. The molecule has 0 fully saturated rings. The lowest BCUT2D eigenvalue weighted by atomic mass is 10.2. The second-order valence-corrected chi connectivity index (χ2v) is 3.22. The van der Waals surface area contributed by atoms with Gasteiger partial charge in [0.2, 0.25) is 0 Å². The van der Waals surface area contributed by atoms with Gasteiger partial charge in [0.05, 0.1) is 19.8 Å². The summed E-state index contributed by atoms with van der Waals surface area (Å²) in [6.45, 7) is 1.77. The van der Waals surface area contributed by atoms with E-state index in [2.05, 4.69) is 11.8 Å². The number of fused-ring (bicyclic) bond motifs is 1. The molecule has 0 spiro atoms. The zero-order chi connectivity index (χ0) is 10.5. The van der Waals surface area contributed by atoms with Crippen LogP contribution in [0.15, 0.2) is 18.2 Å². The van der Waals surface area contributed by atoms with Gasteiger partial charge in [-0.3, -0.25) is 0 Å². The molecule has 78 valence electrons. The third-order valence-electron chi connectivity index (χ3n) is 2.08. The first-order valence-corrected chi connectivity index (χ1v) is 4.99. The van der Waals surface area contributed by atoms with Gasteiger partial charge in [0, 0.05) is 12.0 Å². The van der Waals surface area contributed by atoms with Crippen LogP contribution in [0.4, 0.5) is 0 Å². The Morgan fingerprint density at radius 1 is 1.20 bits per heavy atom. The molecule has 0 bridgehead atoms. The fourth-order valence-corrected chi connectivity index (χ4v) is 1.39. The van der Waals surface area contributed by atoms with E-state index < -0.39 is 0 Å². The topological polar surface area (TPSA) is 44.5 Å². The molecule has 0 unspecified atom stereocenters. The average molecular weight is 203 g/mol. The molecule has 1 aliphatic rings. The van der Waals surface area contributed by atoms with Crippen molar-refractivity contribution in [2.75, 3.05) is 19.8 Å². The highest BCUT2D eigenvalue weighted by Gasteiger charge is 2.09. The molecule has 0 saturated heterocycles. The van der Waals surface area contributed by atoms with Crippen LogP contribution < -0.4 is 15.2 Å². The van der Waals surface area contributed by atoms with Gasteiger partial charge in [-0.2, -0.15) is 0 Å². The Balaban J connectivity index is 2.27. The van der Waals surface area contributed by atoms with Crippen molar-refractivity contribution in [1.29, 1.82) is 0 Å². The molecule has 1 aromatic rings. The lowest BCUT2D eigenvalue weighted by Crippen LogP contribution is -1.97. The minimum Gasteiger partial charge on any atom is -0.490 e. The fraction of sp³-hybridized carbons (Fsp3) is 0.333. The van der Waals surface area contributed by atoms with Crippen molar-refractivity contribution in [2.24, 2.45) is 5.73 Å². The SMILES string of the molecule is NCC#Cc1ccc2c(c1)OCCCO2. The second-order valence-electron chi connectivity index (χ2n) is 3.22. The molecular weight excluding hydrogens is 190 g/mol. The van der Waals surface area contributed by atoms with Crippen LogP contribution in [-0.2, 0) is 0 Å². The Labute approximate surface area is 89.2 Å². The Kier molecular flexibility index (Phi) is 3.11. The Morgan fingerprint density at radius 2 is 2.00 bits per heavy atom. The van der Waals surface area contributed by atoms with Crippen LogP contribution in [0.2, 0.25) is 0 Å². The second kappa shape index (κ2) is 4.72. The summed E-state index contributed by atoms with van der Waals surface area (Å²) in [5, 5.41) is 0. The van der Waals surface area contributed by atoms with Crippen LogP contribution >= 0.6 is 0 Å². The van der Waals surface area contributed by atoms with Gasteiger partial charge in [-0.05, 0) is 18.2 Å². The molecule has 3 heteroatoms. The van der Waals surface area contributed by atoms with Gasteiger partial charge in [0.15, 0.2) is 11.5 Å². The molecule has 0 radical (unpaired) electrons. The van der Waals surface area contributed by atoms with Crippen LogP contribution in [0.25, 0.3) is 0 Å². The van der Waals surface area contributed by atoms with E-state index in [1.54, 1.807) is 0 Å². The summed E-state index contributed by atoms with van der Waals surface area (Å²) in [6.07, 6.45) is 0.915. The van der Waals surface area contributed by atoms with Gasteiger partial charge in [-0.1, -0.05) is 11.8 Å². The van der Waals surface area contributed by atoms with Gasteiger partial charge in [-0.25, -0.2) is 0 Å². The predicted molar refractivity (Wildman–Crippen MR) is 58.0 cm³/mol. The van der Waals surface area contributed by atoms with Gasteiger partial charge in [0.25, 0.3) is 0 Å². The zero-order valence-corrected chi connectivity index (χ0v) is 8.45. The minimum atomic E-state index is 0.369. The third kappa shape index (κ3) is 2.42. The number of ether oxygens (including phenoxy) is 2. The molecule has 3 nitrogen and oxygen atoms in total. The molecular formula is C12H13NO2. The molecule has 0 saturated carbocycles. The molecule has 2 rings (SSSR count). The van der Waals surface area contributed by atoms with E-state index in [-0.39, 0.29) is 0 Å². The summed E-state index contributed by atoms with van der Waals surface area (Å²) in [5.41, 5.74) is 6.22. The third-order valence-corrected chi connectivity index (χ3v) is 2.08. The van der Waals surface area contributed by atoms with E-state index >= 15 is 0 Å². The lowest BCUT2D eigenvalue weighted by Gasteiger charge is -2.06. The molecule has 1 aromatic carbocycles. The first-order valence-electron chi connectivity index (χ1n) is 4.99. The highest BCUT2D eigenvalue weighted by Crippen LogP contribution is 2.29. The minimum absolute atomic E-state index is 0.369. The molecule has 1 aliphatic heterocycles. The Morgan fingerprint density at radius 3 is 2.80 bits per heavy atom. The molecule has 0 amide bonds. The standard InChI is InChI=1S/C12H13NO2/c13-6-1-3-10-4-5-11-12(9-10)15-8-2-7-14-11/h4-5,9H,2,6-8,13H2. The quantitative estimate of drug-likeness (QED) is 0.643. The first kappa shape index (κ1) is 9.88. The summed E-state index contributed by atoms with van der Waals surface area (Å²) >= 11 is 0. The van der Waals surface area contributed by atoms with Crippen LogP contribution in [0.3, 0.4) is 0 Å². The van der Waals surface area contributed by atoms with Gasteiger partial charge >= 0.3 is 0 Å². The zero-order valence-electron chi connectivity index (χ0n) is 8.45. The van der Waals surface area contributed by atoms with Crippen LogP contribution in [0, 0.1) is 11.8 Å². The lowest BCUT2D eigenvalue weighted by molar-refractivity contribution is 0.297. The van der Waals surface area contributed by atoms with E-state index in [1.807, 2.05) is 18.2 Å². The van der Waals surface area contributed by atoms with Crippen molar-refractivity contribution in [3.8, 4) is 23.3 Å². The van der Waals surface area contributed by atoms with E-state index in [0.717, 1.165) is 23.5 Å². The van der Waals surface area contributed by atoms with Crippen LogP contribution in [-0.4, -0.2) is 19.8 Å². The number of rotatable bonds is 0. The van der Waals surface area contributed by atoms with Crippen molar-refractivity contribution in [2.45, 2.75) is 6.42 Å². The summed E-state index contributed by atoms with van der Waals surface area (Å²) in [7, 11) is 0. The highest BCUT2D eigenvalue weighted by molar-refractivity contribution is 5.48. The average Bonchev–Trinajstić information content (AvgIpc) is 2.50. The Hall–Kier alpha value is -1.66. The maximum Gasteiger partial charge on any atom is 0.162 e. The molecule has 2 N–H and O–H groups in total. The first-order chi connectivity index (χ1) is 7.40. The van der Waals surface area contributed by atoms with E-state index in [1.165, 1.54) is 0 Å². The van der Waals surface area contributed by atoms with Crippen molar-refractivity contribution in [3.05, 3.63) is 23.8 Å². The van der Waals surface area contributed by atoms with Crippen LogP contribution in [0.1, 0.15) is 12.0 Å². The van der Waals surface area contributed by atoms with Crippen molar-refractivity contribution in [1.82, 2.24) is 0 Å². The monoisotopic (exact) mass is 203 g/mol. The highest BCUT2D eigenvalue weighted by atomic mass is 16.5. The molecule has 0 atom stereocenters. The van der Waals surface area contributed by atoms with E-state index in [0.29, 0.717) is 19.8 Å². The van der Waals surface area contributed by atoms with Crippen molar-refractivity contribution < 1.29 is 9.47 Å². The van der Waals surface area contributed by atoms with Gasteiger partial charge in [-0.15, -0.1) is 0 Å². The molecule has 15 heavy (non-hydrogen) atoms. The normalized spacial score (nSPS) is 13.7. The molecule has 1 heterocycles. The molecule has 0 aromatic heterocycles. The van der Waals surface area contributed by atoms with Gasteiger partial charge in [0.1, 0.15) is 0 Å². The maximum atomic E-state index is 5.55. The maximum absolute atomic E-state index is 5.55. The largest absolute Gasteiger partial charge is 0.490 e. The van der Waals surface area contributed by atoms with Crippen molar-refractivity contribution in [3.63, 3.8) is 0 Å². The van der Waals surface area contributed by atoms with Crippen molar-refractivity contribution >= 4 is 0 Å². The summed E-state index contributed by atoms with van der Waals surface area (Å²) in [5.74, 6) is 7.34. The van der Waals surface area contributed by atoms with E-state index in [4.69, 9.17) is 15.2 Å². The summed E-state index contributed by atoms with van der Waals surface area (Å²) in [6, 6.07) is 5.70. The Bertz CT molecular complexity index is 404. The number of benzene rings is 1.